The van der Waals surface area contributed by atoms with Gasteiger partial charge in [0, 0.05) is 44.2 Å². The van der Waals surface area contributed by atoms with Gasteiger partial charge >= 0.3 is 0 Å². The van der Waals surface area contributed by atoms with Gasteiger partial charge in [-0.3, -0.25) is 19.2 Å². The Bertz CT molecular complexity index is 764. The molecule has 1 aliphatic rings. The molecule has 0 radical (unpaired) electrons. The van der Waals surface area contributed by atoms with Crippen molar-refractivity contribution in [2.75, 3.05) is 26.2 Å². The van der Waals surface area contributed by atoms with Gasteiger partial charge in [-0.25, -0.2) is 0 Å². The van der Waals surface area contributed by atoms with Gasteiger partial charge in [0.15, 0.2) is 0 Å². The molecule has 25 heavy (non-hydrogen) atoms. The van der Waals surface area contributed by atoms with E-state index in [1.807, 2.05) is 19.4 Å². The molecular formula is C17H23N5O3. The van der Waals surface area contributed by atoms with Crippen LogP contribution in [-0.4, -0.2) is 57.9 Å². The van der Waals surface area contributed by atoms with Crippen molar-refractivity contribution < 1.29 is 9.53 Å². The lowest BCUT2D eigenvalue weighted by atomic mass is 10.0. The number of nitrogens with one attached hydrogen (secondary N) is 2. The lowest BCUT2D eigenvalue weighted by Gasteiger charge is -2.40. The van der Waals surface area contributed by atoms with E-state index in [2.05, 4.69) is 27.2 Å². The lowest BCUT2D eigenvalue weighted by Crippen LogP contribution is -2.49. The maximum atomic E-state index is 12.3. The standard InChI is InChI=1S/C17H23N5O3/c1-3-22-6-7-25-14(16(22)13-9-20-21(2)11-13)10-19-17(24)12-4-5-15(23)18-8-12/h4-5,8-9,11,14,16H,3,6-7,10H2,1-2H3,(H,18,23)(H,19,24)/t14-,16-/m0/s1. The van der Waals surface area contributed by atoms with E-state index in [1.165, 1.54) is 18.3 Å². The number of aryl methyl sites for hydroxylation is 1. The molecule has 1 fully saturated rings. The smallest absolute Gasteiger partial charge is 0.252 e. The number of ether oxygens (including phenoxy) is 1. The number of nitrogens with zero attached hydrogens (tertiary/aromatic N) is 3. The van der Waals surface area contributed by atoms with Crippen molar-refractivity contribution in [2.24, 2.45) is 7.05 Å². The van der Waals surface area contributed by atoms with Crippen molar-refractivity contribution in [1.29, 1.82) is 0 Å². The number of aromatic nitrogens is 3. The molecule has 0 aliphatic carbocycles. The third-order valence-corrected chi connectivity index (χ3v) is 4.44. The predicted octanol–water partition coefficient (Wildman–Crippen LogP) is 0.300. The Hall–Kier alpha value is -2.45. The van der Waals surface area contributed by atoms with Gasteiger partial charge in [-0.15, -0.1) is 0 Å². The Morgan fingerprint density at radius 3 is 2.96 bits per heavy atom. The summed E-state index contributed by atoms with van der Waals surface area (Å²) in [5.74, 6) is -0.238. The topological polar surface area (TPSA) is 92.2 Å². The van der Waals surface area contributed by atoms with Crippen molar-refractivity contribution in [1.82, 2.24) is 25.0 Å². The molecule has 0 aromatic carbocycles. The summed E-state index contributed by atoms with van der Waals surface area (Å²) in [6, 6.07) is 2.89. The maximum absolute atomic E-state index is 12.3. The Labute approximate surface area is 145 Å². The summed E-state index contributed by atoms with van der Waals surface area (Å²) < 4.78 is 7.71. The second-order valence-corrected chi connectivity index (χ2v) is 6.08. The second kappa shape index (κ2) is 7.62. The number of aromatic amines is 1. The first kappa shape index (κ1) is 17.4. The molecule has 2 aromatic heterocycles. The van der Waals surface area contributed by atoms with Gasteiger partial charge in [-0.1, -0.05) is 6.92 Å². The quantitative estimate of drug-likeness (QED) is 0.813. The van der Waals surface area contributed by atoms with E-state index in [0.717, 1.165) is 18.7 Å². The van der Waals surface area contributed by atoms with Crippen LogP contribution in [0.2, 0.25) is 0 Å². The van der Waals surface area contributed by atoms with Crippen molar-refractivity contribution in [3.05, 3.63) is 52.2 Å². The molecule has 2 aromatic rings. The van der Waals surface area contributed by atoms with E-state index in [-0.39, 0.29) is 23.6 Å². The van der Waals surface area contributed by atoms with Crippen LogP contribution in [0.5, 0.6) is 0 Å². The van der Waals surface area contributed by atoms with E-state index in [4.69, 9.17) is 4.74 Å². The van der Waals surface area contributed by atoms with Crippen LogP contribution < -0.4 is 10.9 Å². The first-order valence-corrected chi connectivity index (χ1v) is 8.39. The molecule has 8 heteroatoms. The number of hydrogen-bond donors (Lipinski definition) is 2. The third kappa shape index (κ3) is 3.97. The predicted molar refractivity (Wildman–Crippen MR) is 92.3 cm³/mol. The fraction of sp³-hybridized carbons (Fsp3) is 0.471. The van der Waals surface area contributed by atoms with Crippen molar-refractivity contribution in [2.45, 2.75) is 19.1 Å². The number of carbonyl (C=O) groups is 1. The van der Waals surface area contributed by atoms with Crippen LogP contribution in [0.3, 0.4) is 0 Å². The largest absolute Gasteiger partial charge is 0.373 e. The molecule has 2 atom stereocenters. The minimum Gasteiger partial charge on any atom is -0.373 e. The highest BCUT2D eigenvalue weighted by molar-refractivity contribution is 5.93. The highest BCUT2D eigenvalue weighted by Crippen LogP contribution is 2.28. The van der Waals surface area contributed by atoms with Crippen LogP contribution in [0, 0.1) is 0 Å². The van der Waals surface area contributed by atoms with E-state index >= 15 is 0 Å². The van der Waals surface area contributed by atoms with Gasteiger partial charge in [-0.05, 0) is 12.6 Å². The molecule has 134 valence electrons. The summed E-state index contributed by atoms with van der Waals surface area (Å²) in [5.41, 5.74) is 1.26. The number of morpholine rings is 1. The molecule has 1 saturated heterocycles. The van der Waals surface area contributed by atoms with Crippen LogP contribution in [0.1, 0.15) is 28.9 Å². The highest BCUT2D eigenvalue weighted by Gasteiger charge is 2.33. The average Bonchev–Trinajstić information content (AvgIpc) is 3.05. The Morgan fingerprint density at radius 1 is 1.48 bits per heavy atom. The minimum absolute atomic E-state index is 0.0448. The summed E-state index contributed by atoms with van der Waals surface area (Å²) in [6.07, 6.45) is 5.08. The molecular weight excluding hydrogens is 322 g/mol. The SMILES string of the molecule is CCN1CCO[C@@H](CNC(=O)c2ccc(=O)[nH]c2)[C@@H]1c1cnn(C)c1. The summed E-state index contributed by atoms with van der Waals surface area (Å²) in [7, 11) is 1.89. The van der Waals surface area contributed by atoms with Crippen molar-refractivity contribution in [3.8, 4) is 0 Å². The molecule has 0 bridgehead atoms. The normalized spacial score (nSPS) is 21.2. The Kier molecular flexibility index (Phi) is 5.30. The number of pyridine rings is 1. The lowest BCUT2D eigenvalue weighted by molar-refractivity contribution is -0.0685. The molecule has 1 amide bonds. The number of amides is 1. The van der Waals surface area contributed by atoms with Gasteiger partial charge in [0.1, 0.15) is 0 Å². The van der Waals surface area contributed by atoms with E-state index < -0.39 is 0 Å². The van der Waals surface area contributed by atoms with Gasteiger partial charge in [-0.2, -0.15) is 5.10 Å². The second-order valence-electron chi connectivity index (χ2n) is 6.08. The van der Waals surface area contributed by atoms with Gasteiger partial charge in [0.05, 0.1) is 30.5 Å². The summed E-state index contributed by atoms with van der Waals surface area (Å²) >= 11 is 0. The third-order valence-electron chi connectivity index (χ3n) is 4.44. The molecule has 1 aliphatic heterocycles. The zero-order valence-corrected chi connectivity index (χ0v) is 14.4. The number of likely N-dealkylation sites (N-methyl/N-ethyl adjacent to an activating group) is 1. The fourth-order valence-corrected chi connectivity index (χ4v) is 3.18. The van der Waals surface area contributed by atoms with Crippen molar-refractivity contribution >= 4 is 5.91 Å². The first-order chi connectivity index (χ1) is 12.1. The number of carbonyl (C=O) groups excluding carboxylic acids is 1. The van der Waals surface area contributed by atoms with Crippen LogP contribution in [-0.2, 0) is 11.8 Å². The highest BCUT2D eigenvalue weighted by atomic mass is 16.5. The molecule has 2 N–H and O–H groups in total. The zero-order valence-electron chi connectivity index (χ0n) is 14.4. The summed E-state index contributed by atoms with van der Waals surface area (Å²) in [4.78, 5) is 28.2. The van der Waals surface area contributed by atoms with Gasteiger partial charge in [0.25, 0.3) is 5.91 Å². The Balaban J connectivity index is 1.71. The molecule has 3 heterocycles. The van der Waals surface area contributed by atoms with E-state index in [9.17, 15) is 9.59 Å². The minimum atomic E-state index is -0.238. The van der Waals surface area contributed by atoms with Crippen LogP contribution in [0.25, 0.3) is 0 Å². The number of H-pyrrole nitrogens is 1. The summed E-state index contributed by atoms with van der Waals surface area (Å²) in [6.45, 7) is 4.87. The van der Waals surface area contributed by atoms with Crippen LogP contribution in [0.15, 0.2) is 35.5 Å². The van der Waals surface area contributed by atoms with Crippen molar-refractivity contribution in [3.63, 3.8) is 0 Å². The molecule has 8 nitrogen and oxygen atoms in total. The number of hydrogen-bond acceptors (Lipinski definition) is 5. The van der Waals surface area contributed by atoms with Crippen LogP contribution >= 0.6 is 0 Å². The molecule has 0 unspecified atom stereocenters. The fourth-order valence-electron chi connectivity index (χ4n) is 3.18. The van der Waals surface area contributed by atoms with Crippen LogP contribution in [0.4, 0.5) is 0 Å². The van der Waals surface area contributed by atoms with Gasteiger partial charge < -0.3 is 15.0 Å². The number of rotatable bonds is 5. The average molecular weight is 345 g/mol. The first-order valence-electron chi connectivity index (χ1n) is 8.39. The maximum Gasteiger partial charge on any atom is 0.252 e. The Morgan fingerprint density at radius 2 is 2.32 bits per heavy atom. The molecule has 3 rings (SSSR count). The monoisotopic (exact) mass is 345 g/mol. The summed E-state index contributed by atoms with van der Waals surface area (Å²) in [5, 5.41) is 7.16. The molecule has 0 saturated carbocycles. The van der Waals surface area contributed by atoms with Gasteiger partial charge in [0.2, 0.25) is 5.56 Å². The molecule has 0 spiro atoms. The van der Waals surface area contributed by atoms with E-state index in [1.54, 1.807) is 4.68 Å². The van der Waals surface area contributed by atoms with E-state index in [0.29, 0.717) is 18.7 Å². The zero-order chi connectivity index (χ0) is 17.8.